The molecule has 0 radical (unpaired) electrons. The smallest absolute Gasteiger partial charge is 0.166 e. The fraction of sp³-hybridized carbons (Fsp3) is 0.0769. The van der Waals surface area contributed by atoms with Crippen LogP contribution in [0.5, 0.6) is 0 Å². The molecule has 0 aliphatic heterocycles. The van der Waals surface area contributed by atoms with Gasteiger partial charge >= 0.3 is 0 Å². The molecule has 0 atom stereocenters. The van der Waals surface area contributed by atoms with Gasteiger partial charge in [-0.2, -0.15) is 0 Å². The Morgan fingerprint density at radius 1 is 0.541 bits per heavy atom. The highest BCUT2D eigenvalue weighted by molar-refractivity contribution is 7.98. The number of H-pyrrole nitrogens is 2. The number of benzene rings is 2. The Morgan fingerprint density at radius 2 is 0.973 bits per heavy atom. The number of nitrogens with two attached hydrogens (primary N) is 2. The standard InChI is InChI=1S/2C13H12N4S.H2O/c2*14-12-7-3-4-9(15-12)8-18-13-16-10-5-1-2-6-11(10)17-13;/h2*1-7H,8H2,(H2,14,15)(H,16,17);1H2. The fourth-order valence-corrected chi connectivity index (χ4v) is 5.02. The summed E-state index contributed by atoms with van der Waals surface area (Å²) in [4.78, 5) is 24.1. The molecule has 0 aliphatic carbocycles. The van der Waals surface area contributed by atoms with Gasteiger partial charge in [0, 0.05) is 11.5 Å². The number of nitrogens with zero attached hydrogens (tertiary/aromatic N) is 4. The molecular formula is C26H26N8OS2. The van der Waals surface area contributed by atoms with Crippen molar-refractivity contribution in [1.29, 1.82) is 0 Å². The van der Waals surface area contributed by atoms with Gasteiger partial charge in [-0.05, 0) is 48.5 Å². The van der Waals surface area contributed by atoms with Gasteiger partial charge in [0.05, 0.1) is 33.5 Å². The summed E-state index contributed by atoms with van der Waals surface area (Å²) in [6, 6.07) is 27.3. The molecule has 6 rings (SSSR count). The van der Waals surface area contributed by atoms with Gasteiger partial charge in [0.15, 0.2) is 10.3 Å². The summed E-state index contributed by atoms with van der Waals surface area (Å²) in [5.41, 5.74) is 17.3. The van der Waals surface area contributed by atoms with Crippen LogP contribution in [0.4, 0.5) is 11.6 Å². The van der Waals surface area contributed by atoms with E-state index >= 15 is 0 Å². The van der Waals surface area contributed by atoms with Crippen molar-refractivity contribution in [2.75, 3.05) is 11.5 Å². The molecule has 2 aromatic carbocycles. The second-order valence-corrected chi connectivity index (χ2v) is 9.73. The molecule has 0 aliphatic rings. The number of fused-ring (bicyclic) bond motifs is 2. The lowest BCUT2D eigenvalue weighted by molar-refractivity contribution is 0.824. The molecule has 9 nitrogen and oxygen atoms in total. The van der Waals surface area contributed by atoms with Crippen LogP contribution < -0.4 is 11.5 Å². The zero-order chi connectivity index (χ0) is 24.7. The van der Waals surface area contributed by atoms with E-state index in [0.717, 1.165) is 55.3 Å². The second-order valence-electron chi connectivity index (χ2n) is 7.80. The first-order chi connectivity index (χ1) is 17.6. The summed E-state index contributed by atoms with van der Waals surface area (Å²) in [7, 11) is 0. The van der Waals surface area contributed by atoms with E-state index in [1.807, 2.05) is 72.8 Å². The Hall–Kier alpha value is -4.06. The first kappa shape index (κ1) is 26.0. The predicted octanol–water partition coefficient (Wildman–Crippen LogP) is 4.84. The summed E-state index contributed by atoms with van der Waals surface area (Å²) < 4.78 is 0. The van der Waals surface area contributed by atoms with Gasteiger partial charge in [0.1, 0.15) is 11.6 Å². The lowest BCUT2D eigenvalue weighted by Gasteiger charge is -1.99. The molecule has 188 valence electrons. The van der Waals surface area contributed by atoms with Crippen molar-refractivity contribution < 1.29 is 5.48 Å². The fourth-order valence-electron chi connectivity index (χ4n) is 3.44. The molecule has 11 heteroatoms. The zero-order valence-corrected chi connectivity index (χ0v) is 21.4. The molecule has 0 spiro atoms. The first-order valence-corrected chi connectivity index (χ1v) is 13.2. The summed E-state index contributed by atoms with van der Waals surface area (Å²) >= 11 is 3.25. The normalized spacial score (nSPS) is 10.6. The Labute approximate surface area is 221 Å². The number of thioether (sulfide) groups is 2. The first-order valence-electron chi connectivity index (χ1n) is 11.2. The van der Waals surface area contributed by atoms with Gasteiger partial charge < -0.3 is 26.9 Å². The highest BCUT2D eigenvalue weighted by Gasteiger charge is 2.05. The quantitative estimate of drug-likeness (QED) is 0.222. The number of imidazole rings is 2. The Bertz CT molecular complexity index is 1410. The minimum absolute atomic E-state index is 0. The van der Waals surface area contributed by atoms with Crippen LogP contribution in [-0.2, 0) is 11.5 Å². The lowest BCUT2D eigenvalue weighted by Crippen LogP contribution is -1.93. The van der Waals surface area contributed by atoms with Crippen molar-refractivity contribution in [1.82, 2.24) is 29.9 Å². The van der Waals surface area contributed by atoms with E-state index in [1.165, 1.54) is 0 Å². The minimum atomic E-state index is 0. The second kappa shape index (κ2) is 12.3. The highest BCUT2D eigenvalue weighted by atomic mass is 32.2. The molecule has 0 saturated heterocycles. The summed E-state index contributed by atoms with van der Waals surface area (Å²) in [5.74, 6) is 2.62. The van der Waals surface area contributed by atoms with Gasteiger partial charge in [-0.25, -0.2) is 19.9 Å². The third-order valence-corrected chi connectivity index (χ3v) is 6.92. The molecule has 6 aromatic rings. The Kier molecular flexibility index (Phi) is 8.62. The largest absolute Gasteiger partial charge is 0.412 e. The van der Waals surface area contributed by atoms with E-state index in [2.05, 4.69) is 29.9 Å². The third kappa shape index (κ3) is 7.00. The van der Waals surface area contributed by atoms with Crippen LogP contribution in [0.2, 0.25) is 0 Å². The molecule has 8 N–H and O–H groups in total. The van der Waals surface area contributed by atoms with Gasteiger partial charge in [-0.15, -0.1) is 0 Å². The number of aromatic amines is 2. The average Bonchev–Trinajstić information content (AvgIpc) is 3.50. The molecule has 4 heterocycles. The van der Waals surface area contributed by atoms with Gasteiger partial charge in [-0.1, -0.05) is 59.9 Å². The number of hydrogen-bond donors (Lipinski definition) is 4. The van der Waals surface area contributed by atoms with Crippen LogP contribution >= 0.6 is 23.5 Å². The number of pyridine rings is 2. The van der Waals surface area contributed by atoms with Crippen molar-refractivity contribution in [2.24, 2.45) is 0 Å². The van der Waals surface area contributed by atoms with Crippen molar-refractivity contribution in [3.63, 3.8) is 0 Å². The van der Waals surface area contributed by atoms with Crippen LogP contribution in [0.15, 0.2) is 95.2 Å². The van der Waals surface area contributed by atoms with Crippen LogP contribution in [0.3, 0.4) is 0 Å². The van der Waals surface area contributed by atoms with Crippen molar-refractivity contribution >= 4 is 57.2 Å². The topological polar surface area (TPSA) is 167 Å². The molecule has 4 aromatic heterocycles. The maximum Gasteiger partial charge on any atom is 0.166 e. The lowest BCUT2D eigenvalue weighted by atomic mass is 10.3. The zero-order valence-electron chi connectivity index (χ0n) is 19.8. The van der Waals surface area contributed by atoms with E-state index in [0.29, 0.717) is 11.6 Å². The number of para-hydroxylation sites is 4. The van der Waals surface area contributed by atoms with Gasteiger partial charge in [0.25, 0.3) is 0 Å². The maximum absolute atomic E-state index is 5.65. The Morgan fingerprint density at radius 3 is 1.38 bits per heavy atom. The molecule has 0 unspecified atom stereocenters. The highest BCUT2D eigenvalue weighted by Crippen LogP contribution is 2.23. The summed E-state index contributed by atoms with van der Waals surface area (Å²) in [6.07, 6.45) is 0. The van der Waals surface area contributed by atoms with Crippen molar-refractivity contribution in [3.8, 4) is 0 Å². The van der Waals surface area contributed by atoms with Gasteiger partial charge in [0.2, 0.25) is 0 Å². The Balaban J connectivity index is 0.000000168. The van der Waals surface area contributed by atoms with E-state index in [1.54, 1.807) is 35.7 Å². The van der Waals surface area contributed by atoms with Crippen LogP contribution in [-0.4, -0.2) is 35.4 Å². The number of rotatable bonds is 6. The van der Waals surface area contributed by atoms with E-state index in [4.69, 9.17) is 11.5 Å². The maximum atomic E-state index is 5.65. The molecule has 0 amide bonds. The number of hydrogen-bond acceptors (Lipinski definition) is 8. The van der Waals surface area contributed by atoms with E-state index in [9.17, 15) is 0 Å². The minimum Gasteiger partial charge on any atom is -0.412 e. The van der Waals surface area contributed by atoms with Crippen LogP contribution in [0.25, 0.3) is 22.1 Å². The van der Waals surface area contributed by atoms with Crippen molar-refractivity contribution in [2.45, 2.75) is 21.8 Å². The van der Waals surface area contributed by atoms with Crippen LogP contribution in [0, 0.1) is 0 Å². The number of nitrogens with one attached hydrogen (secondary N) is 2. The molecule has 37 heavy (non-hydrogen) atoms. The van der Waals surface area contributed by atoms with Crippen LogP contribution in [0.1, 0.15) is 11.4 Å². The molecule has 0 fully saturated rings. The SMILES string of the molecule is Nc1cccc(CSc2nc3ccccc3[nH]2)n1.Nc1cccc(CSc2nc3ccccc3[nH]2)n1.O. The molecular weight excluding hydrogens is 504 g/mol. The van der Waals surface area contributed by atoms with Gasteiger partial charge in [-0.3, -0.25) is 0 Å². The van der Waals surface area contributed by atoms with E-state index < -0.39 is 0 Å². The van der Waals surface area contributed by atoms with Crippen molar-refractivity contribution in [3.05, 3.63) is 96.3 Å². The number of anilines is 2. The number of aromatic nitrogens is 6. The summed E-state index contributed by atoms with van der Waals surface area (Å²) in [6.45, 7) is 0. The van der Waals surface area contributed by atoms with E-state index in [-0.39, 0.29) is 5.48 Å². The third-order valence-electron chi connectivity index (χ3n) is 5.11. The summed E-state index contributed by atoms with van der Waals surface area (Å²) in [5, 5.41) is 1.81. The molecule has 0 bridgehead atoms. The average molecular weight is 531 g/mol. The monoisotopic (exact) mass is 530 g/mol. The molecule has 0 saturated carbocycles. The predicted molar refractivity (Wildman–Crippen MR) is 152 cm³/mol. The number of nitrogen functional groups attached to an aromatic ring is 2.